The number of benzene rings is 3. The first-order valence-electron chi connectivity index (χ1n) is 9.60. The van der Waals surface area contributed by atoms with Crippen LogP contribution < -0.4 is 14.8 Å². The Morgan fingerprint density at radius 3 is 2.41 bits per heavy atom. The number of anilines is 1. The Labute approximate surface area is 182 Å². The molecule has 3 rings (SSSR count). The predicted molar refractivity (Wildman–Crippen MR) is 122 cm³/mol. The Morgan fingerprint density at radius 1 is 0.862 bits per heavy atom. The molecule has 3 aromatic rings. The number of ether oxygens (including phenoxy) is 2. The van der Waals surface area contributed by atoms with Gasteiger partial charge in [0.1, 0.15) is 6.61 Å². The van der Waals surface area contributed by atoms with Gasteiger partial charge in [-0.3, -0.25) is 0 Å². The van der Waals surface area contributed by atoms with E-state index in [9.17, 15) is 0 Å². The Balaban J connectivity index is 1.75. The summed E-state index contributed by atoms with van der Waals surface area (Å²) in [5.74, 6) is 1.21. The Bertz CT molecular complexity index is 989. The number of aryl methyl sites for hydroxylation is 2. The molecule has 0 fully saturated rings. The first-order valence-corrected chi connectivity index (χ1v) is 10.4. The van der Waals surface area contributed by atoms with Crippen LogP contribution in [-0.2, 0) is 13.2 Å². The molecule has 5 heteroatoms. The van der Waals surface area contributed by atoms with E-state index in [1.807, 2.05) is 56.3 Å². The molecule has 3 aromatic carbocycles. The molecular weight excluding hydrogens is 405 g/mol. The van der Waals surface area contributed by atoms with E-state index >= 15 is 0 Å². The average molecular weight is 430 g/mol. The second-order valence-corrected chi connectivity index (χ2v) is 7.75. The fraction of sp³-hybridized carbons (Fsp3) is 0.250. The maximum Gasteiger partial charge on any atom is 0.180 e. The molecule has 3 nitrogen and oxygen atoms in total. The van der Waals surface area contributed by atoms with Crippen molar-refractivity contribution >= 4 is 28.9 Å². The minimum Gasteiger partial charge on any atom is -0.490 e. The van der Waals surface area contributed by atoms with Crippen LogP contribution >= 0.6 is 23.2 Å². The quantitative estimate of drug-likeness (QED) is 0.410. The van der Waals surface area contributed by atoms with E-state index in [1.54, 1.807) is 0 Å². The summed E-state index contributed by atoms with van der Waals surface area (Å²) in [5, 5.41) is 4.64. The van der Waals surface area contributed by atoms with Crippen LogP contribution in [-0.4, -0.2) is 6.61 Å². The molecule has 0 unspecified atom stereocenters. The van der Waals surface area contributed by atoms with Crippen molar-refractivity contribution in [3.8, 4) is 11.5 Å². The number of rotatable bonds is 8. The summed E-state index contributed by atoms with van der Waals surface area (Å²) in [4.78, 5) is 0. The minimum atomic E-state index is 0.431. The second-order valence-electron chi connectivity index (χ2n) is 6.93. The van der Waals surface area contributed by atoms with E-state index in [2.05, 4.69) is 24.4 Å². The third-order valence-electron chi connectivity index (χ3n) is 4.50. The lowest BCUT2D eigenvalue weighted by molar-refractivity contribution is 0.269. The normalized spacial score (nSPS) is 10.7. The van der Waals surface area contributed by atoms with Crippen molar-refractivity contribution in [1.29, 1.82) is 0 Å². The number of hydrogen-bond donors (Lipinski definition) is 1. The molecule has 0 amide bonds. The van der Waals surface area contributed by atoms with E-state index in [4.69, 9.17) is 32.7 Å². The first kappa shape index (κ1) is 21.4. The molecule has 1 N–H and O–H groups in total. The predicted octanol–water partition coefficient (Wildman–Crippen LogP) is 7.20. The third kappa shape index (κ3) is 5.81. The summed E-state index contributed by atoms with van der Waals surface area (Å²) in [7, 11) is 0. The van der Waals surface area contributed by atoms with Gasteiger partial charge in [-0.05, 0) is 61.7 Å². The highest BCUT2D eigenvalue weighted by atomic mass is 35.5. The molecule has 0 heterocycles. The van der Waals surface area contributed by atoms with E-state index in [1.165, 1.54) is 5.56 Å². The van der Waals surface area contributed by atoms with Crippen LogP contribution in [0.4, 0.5) is 5.69 Å². The summed E-state index contributed by atoms with van der Waals surface area (Å²) in [5.41, 5.74) is 5.28. The molecule has 0 radical (unpaired) electrons. The second kappa shape index (κ2) is 9.91. The van der Waals surface area contributed by atoms with Crippen LogP contribution in [0, 0.1) is 13.8 Å². The van der Waals surface area contributed by atoms with Crippen LogP contribution in [0.3, 0.4) is 0 Å². The molecule has 0 spiro atoms. The van der Waals surface area contributed by atoms with E-state index < -0.39 is 0 Å². The SMILES string of the molecule is CCOc1cc(CNc2ccc(C)c(Cl)c2)cc(Cl)c1OCc1cccc(C)c1. The lowest BCUT2D eigenvalue weighted by Crippen LogP contribution is -2.04. The van der Waals surface area contributed by atoms with Gasteiger partial charge in [0.15, 0.2) is 11.5 Å². The lowest BCUT2D eigenvalue weighted by Gasteiger charge is -2.16. The molecule has 0 aromatic heterocycles. The summed E-state index contributed by atoms with van der Waals surface area (Å²) in [6.45, 7) is 7.54. The maximum absolute atomic E-state index is 6.54. The molecule has 152 valence electrons. The molecule has 0 saturated carbocycles. The zero-order valence-corrected chi connectivity index (χ0v) is 18.4. The topological polar surface area (TPSA) is 30.5 Å². The van der Waals surface area contributed by atoms with E-state index in [0.29, 0.717) is 36.3 Å². The largest absolute Gasteiger partial charge is 0.490 e. The van der Waals surface area contributed by atoms with Gasteiger partial charge in [0, 0.05) is 17.3 Å². The van der Waals surface area contributed by atoms with Gasteiger partial charge in [-0.25, -0.2) is 0 Å². The fourth-order valence-corrected chi connectivity index (χ4v) is 3.46. The summed E-state index contributed by atoms with van der Waals surface area (Å²) < 4.78 is 11.8. The number of hydrogen-bond acceptors (Lipinski definition) is 3. The summed E-state index contributed by atoms with van der Waals surface area (Å²) in [6, 6.07) is 18.0. The van der Waals surface area contributed by atoms with Crippen LogP contribution in [0.5, 0.6) is 11.5 Å². The lowest BCUT2D eigenvalue weighted by atomic mass is 10.1. The minimum absolute atomic E-state index is 0.431. The van der Waals surface area contributed by atoms with Gasteiger partial charge in [-0.1, -0.05) is 59.1 Å². The Kier molecular flexibility index (Phi) is 7.29. The van der Waals surface area contributed by atoms with Gasteiger partial charge in [0.2, 0.25) is 0 Å². The van der Waals surface area contributed by atoms with Crippen LogP contribution in [0.25, 0.3) is 0 Å². The molecule has 0 saturated heterocycles. The highest BCUT2D eigenvalue weighted by molar-refractivity contribution is 6.32. The zero-order chi connectivity index (χ0) is 20.8. The molecule has 0 aliphatic rings. The molecule has 29 heavy (non-hydrogen) atoms. The van der Waals surface area contributed by atoms with E-state index in [0.717, 1.165) is 27.4 Å². The molecule has 0 bridgehead atoms. The van der Waals surface area contributed by atoms with Crippen molar-refractivity contribution in [3.63, 3.8) is 0 Å². The third-order valence-corrected chi connectivity index (χ3v) is 5.19. The standard InChI is InChI=1S/C24H25Cl2NO2/c1-4-28-23-12-19(14-27-20-9-8-17(3)21(25)13-20)11-22(26)24(23)29-15-18-7-5-6-16(2)10-18/h5-13,27H,4,14-15H2,1-3H3. The maximum atomic E-state index is 6.54. The van der Waals surface area contributed by atoms with Crippen molar-refractivity contribution in [2.75, 3.05) is 11.9 Å². The molecule has 0 aliphatic carbocycles. The van der Waals surface area contributed by atoms with Crippen molar-refractivity contribution in [2.45, 2.75) is 33.9 Å². The van der Waals surface area contributed by atoms with Gasteiger partial charge in [0.05, 0.1) is 11.6 Å². The van der Waals surface area contributed by atoms with Crippen molar-refractivity contribution in [2.24, 2.45) is 0 Å². The van der Waals surface area contributed by atoms with E-state index in [-0.39, 0.29) is 0 Å². The first-order chi connectivity index (χ1) is 14.0. The number of halogens is 2. The highest BCUT2D eigenvalue weighted by Crippen LogP contribution is 2.37. The average Bonchev–Trinajstić information content (AvgIpc) is 2.68. The Morgan fingerprint density at radius 2 is 1.69 bits per heavy atom. The molecular formula is C24H25Cl2NO2. The van der Waals surface area contributed by atoms with Gasteiger partial charge in [-0.2, -0.15) is 0 Å². The van der Waals surface area contributed by atoms with Crippen molar-refractivity contribution < 1.29 is 9.47 Å². The Hall–Kier alpha value is -2.36. The van der Waals surface area contributed by atoms with Gasteiger partial charge >= 0.3 is 0 Å². The van der Waals surface area contributed by atoms with Gasteiger partial charge in [-0.15, -0.1) is 0 Å². The van der Waals surface area contributed by atoms with Gasteiger partial charge < -0.3 is 14.8 Å². The van der Waals surface area contributed by atoms with Crippen molar-refractivity contribution in [1.82, 2.24) is 0 Å². The van der Waals surface area contributed by atoms with Crippen LogP contribution in [0.1, 0.15) is 29.2 Å². The summed E-state index contributed by atoms with van der Waals surface area (Å²) >= 11 is 12.7. The smallest absolute Gasteiger partial charge is 0.180 e. The van der Waals surface area contributed by atoms with Crippen LogP contribution in [0.2, 0.25) is 10.0 Å². The fourth-order valence-electron chi connectivity index (χ4n) is 2.99. The van der Waals surface area contributed by atoms with Crippen LogP contribution in [0.15, 0.2) is 54.6 Å². The zero-order valence-electron chi connectivity index (χ0n) is 16.9. The monoisotopic (exact) mass is 429 g/mol. The summed E-state index contributed by atoms with van der Waals surface area (Å²) in [6.07, 6.45) is 0. The molecule has 0 atom stereocenters. The number of nitrogens with one attached hydrogen (secondary N) is 1. The van der Waals surface area contributed by atoms with Crippen molar-refractivity contribution in [3.05, 3.63) is 86.9 Å². The molecule has 0 aliphatic heterocycles. The van der Waals surface area contributed by atoms with Gasteiger partial charge in [0.25, 0.3) is 0 Å². The highest BCUT2D eigenvalue weighted by Gasteiger charge is 2.13.